The highest BCUT2D eigenvalue weighted by molar-refractivity contribution is 9.10. The summed E-state index contributed by atoms with van der Waals surface area (Å²) in [5.74, 6) is -0.103. The first kappa shape index (κ1) is 12.6. The molecule has 1 aromatic carbocycles. The van der Waals surface area contributed by atoms with Crippen molar-refractivity contribution in [2.75, 3.05) is 13.6 Å². The molecule has 92 valence electrons. The average molecular weight is 300 g/mol. The van der Waals surface area contributed by atoms with Crippen LogP contribution in [0.1, 0.15) is 29.6 Å². The van der Waals surface area contributed by atoms with Crippen LogP contribution in [0.4, 0.5) is 4.39 Å². The maximum Gasteiger partial charge on any atom is 0.256 e. The molecule has 4 heteroatoms. The van der Waals surface area contributed by atoms with Crippen LogP contribution >= 0.6 is 15.9 Å². The minimum absolute atomic E-state index is 0.148. The fourth-order valence-electron chi connectivity index (χ4n) is 2.01. The second kappa shape index (κ2) is 5.17. The smallest absolute Gasteiger partial charge is 0.256 e. The number of benzene rings is 1. The van der Waals surface area contributed by atoms with Crippen LogP contribution in [0.15, 0.2) is 22.7 Å². The molecule has 0 aliphatic heterocycles. The topological polar surface area (TPSA) is 20.3 Å². The van der Waals surface area contributed by atoms with Crippen molar-refractivity contribution in [3.05, 3.63) is 34.1 Å². The van der Waals surface area contributed by atoms with Gasteiger partial charge in [-0.3, -0.25) is 4.79 Å². The number of nitrogens with zero attached hydrogens (tertiary/aromatic N) is 1. The molecule has 0 unspecified atom stereocenters. The Balaban J connectivity index is 2.07. The third-order valence-electron chi connectivity index (χ3n) is 3.27. The van der Waals surface area contributed by atoms with E-state index in [-0.39, 0.29) is 11.5 Å². The quantitative estimate of drug-likeness (QED) is 0.837. The molecule has 0 spiro atoms. The first-order valence-electron chi connectivity index (χ1n) is 5.78. The molecular weight excluding hydrogens is 285 g/mol. The highest BCUT2D eigenvalue weighted by Gasteiger charge is 2.23. The summed E-state index contributed by atoms with van der Waals surface area (Å²) < 4.78 is 14.3. The summed E-state index contributed by atoms with van der Waals surface area (Å²) in [6.45, 7) is 0.730. The summed E-state index contributed by atoms with van der Waals surface area (Å²) in [6.07, 6.45) is 3.61. The van der Waals surface area contributed by atoms with Crippen molar-refractivity contribution in [3.8, 4) is 0 Å². The summed E-state index contributed by atoms with van der Waals surface area (Å²) in [5.41, 5.74) is 0.148. The van der Waals surface area contributed by atoms with Gasteiger partial charge in [-0.05, 0) is 37.0 Å². The van der Waals surface area contributed by atoms with Crippen LogP contribution in [0, 0.1) is 11.7 Å². The van der Waals surface area contributed by atoms with Gasteiger partial charge in [-0.15, -0.1) is 0 Å². The second-order valence-electron chi connectivity index (χ2n) is 4.61. The van der Waals surface area contributed by atoms with Gasteiger partial charge in [0.1, 0.15) is 5.82 Å². The number of carbonyl (C=O) groups excluding carboxylic acids is 1. The van der Waals surface area contributed by atoms with Gasteiger partial charge >= 0.3 is 0 Å². The molecule has 0 heterocycles. The van der Waals surface area contributed by atoms with Gasteiger partial charge in [-0.25, -0.2) is 4.39 Å². The van der Waals surface area contributed by atoms with E-state index >= 15 is 0 Å². The van der Waals surface area contributed by atoms with Gasteiger partial charge in [0.05, 0.1) is 5.56 Å². The summed E-state index contributed by atoms with van der Waals surface area (Å²) in [4.78, 5) is 13.6. The van der Waals surface area contributed by atoms with Crippen LogP contribution in [-0.2, 0) is 0 Å². The zero-order chi connectivity index (χ0) is 12.4. The van der Waals surface area contributed by atoms with Crippen molar-refractivity contribution < 1.29 is 9.18 Å². The molecule has 1 amide bonds. The van der Waals surface area contributed by atoms with E-state index in [1.54, 1.807) is 18.0 Å². The molecule has 0 aromatic heterocycles. The van der Waals surface area contributed by atoms with E-state index in [0.29, 0.717) is 10.4 Å². The minimum Gasteiger partial charge on any atom is -0.341 e. The second-order valence-corrected chi connectivity index (χ2v) is 5.52. The molecule has 17 heavy (non-hydrogen) atoms. The van der Waals surface area contributed by atoms with Crippen LogP contribution < -0.4 is 0 Å². The number of halogens is 2. The largest absolute Gasteiger partial charge is 0.341 e. The lowest BCUT2D eigenvalue weighted by Gasteiger charge is -2.30. The van der Waals surface area contributed by atoms with Gasteiger partial charge in [0, 0.05) is 18.1 Å². The fourth-order valence-corrected chi connectivity index (χ4v) is 2.35. The monoisotopic (exact) mass is 299 g/mol. The van der Waals surface area contributed by atoms with Crippen LogP contribution in [0.2, 0.25) is 0 Å². The van der Waals surface area contributed by atoms with E-state index in [1.165, 1.54) is 31.4 Å². The molecular formula is C13H15BrFNO. The van der Waals surface area contributed by atoms with Crippen molar-refractivity contribution in [2.45, 2.75) is 19.3 Å². The van der Waals surface area contributed by atoms with Crippen molar-refractivity contribution in [1.29, 1.82) is 0 Å². The zero-order valence-corrected chi connectivity index (χ0v) is 11.3. The van der Waals surface area contributed by atoms with E-state index in [9.17, 15) is 9.18 Å². The molecule has 1 aliphatic carbocycles. The summed E-state index contributed by atoms with van der Waals surface area (Å²) in [5, 5.41) is 0. The van der Waals surface area contributed by atoms with Crippen LogP contribution in [0.5, 0.6) is 0 Å². The SMILES string of the molecule is CN(CC1CCC1)C(=O)c1ccc(Br)cc1F. The predicted octanol–water partition coefficient (Wildman–Crippen LogP) is 3.46. The summed E-state index contributed by atoms with van der Waals surface area (Å²) in [6, 6.07) is 4.54. The van der Waals surface area contributed by atoms with Gasteiger partial charge in [-0.2, -0.15) is 0 Å². The van der Waals surface area contributed by atoms with Gasteiger partial charge in [0.2, 0.25) is 0 Å². The Morgan fingerprint density at radius 1 is 1.53 bits per heavy atom. The molecule has 1 aromatic rings. The zero-order valence-electron chi connectivity index (χ0n) is 9.75. The fraction of sp³-hybridized carbons (Fsp3) is 0.462. The molecule has 0 N–H and O–H groups in total. The van der Waals surface area contributed by atoms with Crippen molar-refractivity contribution in [2.24, 2.45) is 5.92 Å². The Hall–Kier alpha value is -0.900. The number of carbonyl (C=O) groups is 1. The third kappa shape index (κ3) is 2.86. The Morgan fingerprint density at radius 2 is 2.24 bits per heavy atom. The van der Waals surface area contributed by atoms with E-state index in [2.05, 4.69) is 15.9 Å². The molecule has 2 rings (SSSR count). The molecule has 1 saturated carbocycles. The Morgan fingerprint density at radius 3 is 2.76 bits per heavy atom. The van der Waals surface area contributed by atoms with Crippen LogP contribution in [0.3, 0.4) is 0 Å². The van der Waals surface area contributed by atoms with E-state index in [4.69, 9.17) is 0 Å². The van der Waals surface area contributed by atoms with E-state index in [1.807, 2.05) is 0 Å². The van der Waals surface area contributed by atoms with Crippen LogP contribution in [-0.4, -0.2) is 24.4 Å². The van der Waals surface area contributed by atoms with Gasteiger partial charge in [-0.1, -0.05) is 22.4 Å². The molecule has 0 bridgehead atoms. The number of amides is 1. The molecule has 0 radical (unpaired) electrons. The lowest BCUT2D eigenvalue weighted by molar-refractivity contribution is 0.0740. The number of hydrogen-bond donors (Lipinski definition) is 0. The van der Waals surface area contributed by atoms with Gasteiger partial charge < -0.3 is 4.90 Å². The van der Waals surface area contributed by atoms with E-state index in [0.717, 1.165) is 6.54 Å². The summed E-state index contributed by atoms with van der Waals surface area (Å²) in [7, 11) is 1.74. The minimum atomic E-state index is -0.468. The lowest BCUT2D eigenvalue weighted by Crippen LogP contribution is -2.34. The van der Waals surface area contributed by atoms with Crippen molar-refractivity contribution in [3.63, 3.8) is 0 Å². The van der Waals surface area contributed by atoms with Gasteiger partial charge in [0.15, 0.2) is 0 Å². The summed E-state index contributed by atoms with van der Waals surface area (Å²) >= 11 is 3.18. The molecule has 1 aliphatic rings. The van der Waals surface area contributed by atoms with E-state index < -0.39 is 5.82 Å². The maximum absolute atomic E-state index is 13.6. The van der Waals surface area contributed by atoms with Crippen LogP contribution in [0.25, 0.3) is 0 Å². The maximum atomic E-state index is 13.6. The Kier molecular flexibility index (Phi) is 3.82. The Bertz CT molecular complexity index is 431. The standard InChI is InChI=1S/C13H15BrFNO/c1-16(8-9-3-2-4-9)13(17)11-6-5-10(14)7-12(11)15/h5-7,9H,2-4,8H2,1H3. The average Bonchev–Trinajstić information content (AvgIpc) is 2.22. The van der Waals surface area contributed by atoms with Crippen molar-refractivity contribution >= 4 is 21.8 Å². The molecule has 2 nitrogen and oxygen atoms in total. The normalized spacial score (nSPS) is 15.5. The molecule has 1 fully saturated rings. The highest BCUT2D eigenvalue weighted by Crippen LogP contribution is 2.27. The number of hydrogen-bond acceptors (Lipinski definition) is 1. The number of rotatable bonds is 3. The Labute approximate surface area is 109 Å². The molecule has 0 atom stereocenters. The third-order valence-corrected chi connectivity index (χ3v) is 3.76. The van der Waals surface area contributed by atoms with Gasteiger partial charge in [0.25, 0.3) is 5.91 Å². The molecule has 0 saturated heterocycles. The highest BCUT2D eigenvalue weighted by atomic mass is 79.9. The van der Waals surface area contributed by atoms with Crippen molar-refractivity contribution in [1.82, 2.24) is 4.90 Å². The lowest BCUT2D eigenvalue weighted by atomic mass is 9.85. The predicted molar refractivity (Wildman–Crippen MR) is 68.4 cm³/mol. The first-order valence-corrected chi connectivity index (χ1v) is 6.57. The first-order chi connectivity index (χ1) is 8.08.